The van der Waals surface area contributed by atoms with Crippen molar-refractivity contribution in [2.45, 2.75) is 6.54 Å². The first-order valence-electron chi connectivity index (χ1n) is 8.18. The van der Waals surface area contributed by atoms with Crippen LogP contribution in [0.1, 0.15) is 5.56 Å². The van der Waals surface area contributed by atoms with Crippen molar-refractivity contribution in [3.05, 3.63) is 60.2 Å². The van der Waals surface area contributed by atoms with Crippen molar-refractivity contribution >= 4 is 0 Å². The summed E-state index contributed by atoms with van der Waals surface area (Å²) in [5.41, 5.74) is 3.15. The molecule has 2 heterocycles. The second-order valence-corrected chi connectivity index (χ2v) is 5.83. The zero-order valence-electron chi connectivity index (χ0n) is 13.4. The summed E-state index contributed by atoms with van der Waals surface area (Å²) in [6.07, 6.45) is 0. The highest BCUT2D eigenvalue weighted by Crippen LogP contribution is 2.26. The van der Waals surface area contributed by atoms with E-state index >= 15 is 0 Å². The number of benzene rings is 2. The van der Waals surface area contributed by atoms with Crippen LogP contribution in [0.15, 0.2) is 59.1 Å². The first-order chi connectivity index (χ1) is 11.9. The van der Waals surface area contributed by atoms with Crippen molar-refractivity contribution in [1.82, 2.24) is 15.0 Å². The van der Waals surface area contributed by atoms with Crippen molar-refractivity contribution in [2.75, 3.05) is 26.3 Å². The Kier molecular flexibility index (Phi) is 4.36. The van der Waals surface area contributed by atoms with E-state index in [9.17, 15) is 0 Å². The van der Waals surface area contributed by atoms with Gasteiger partial charge in [0, 0.05) is 30.8 Å². The van der Waals surface area contributed by atoms with E-state index < -0.39 is 0 Å². The first kappa shape index (κ1) is 15.1. The Labute approximate surface area is 140 Å². The van der Waals surface area contributed by atoms with Crippen LogP contribution >= 0.6 is 0 Å². The van der Waals surface area contributed by atoms with E-state index in [2.05, 4.69) is 21.1 Å². The largest absolute Gasteiger partial charge is 0.379 e. The number of hydrogen-bond donors (Lipinski definition) is 0. The number of rotatable bonds is 4. The fraction of sp³-hybridized carbons (Fsp3) is 0.263. The van der Waals surface area contributed by atoms with Crippen molar-refractivity contribution in [3.8, 4) is 22.8 Å². The maximum Gasteiger partial charge on any atom is 0.258 e. The van der Waals surface area contributed by atoms with E-state index in [-0.39, 0.29) is 0 Å². The molecule has 0 spiro atoms. The zero-order chi connectivity index (χ0) is 16.2. The van der Waals surface area contributed by atoms with E-state index in [0.717, 1.165) is 44.0 Å². The van der Waals surface area contributed by atoms with Crippen LogP contribution in [0, 0.1) is 0 Å². The molecule has 2 aromatic carbocycles. The van der Waals surface area contributed by atoms with Crippen LogP contribution in [-0.2, 0) is 11.3 Å². The normalized spacial score (nSPS) is 15.5. The van der Waals surface area contributed by atoms with Crippen LogP contribution in [0.3, 0.4) is 0 Å². The first-order valence-corrected chi connectivity index (χ1v) is 8.18. The molecule has 122 valence electrons. The summed E-state index contributed by atoms with van der Waals surface area (Å²) in [6.45, 7) is 4.35. The number of morpholine rings is 1. The Bertz CT molecular complexity index is 795. The highest BCUT2D eigenvalue weighted by molar-refractivity contribution is 5.62. The minimum absolute atomic E-state index is 0.567. The van der Waals surface area contributed by atoms with Gasteiger partial charge in [-0.25, -0.2) is 0 Å². The highest BCUT2D eigenvalue weighted by atomic mass is 16.5. The molecule has 0 amide bonds. The van der Waals surface area contributed by atoms with Gasteiger partial charge in [0.2, 0.25) is 5.82 Å². The van der Waals surface area contributed by atoms with E-state index in [4.69, 9.17) is 9.26 Å². The Hall–Kier alpha value is -2.50. The molecule has 1 aromatic heterocycles. The van der Waals surface area contributed by atoms with Crippen molar-refractivity contribution in [2.24, 2.45) is 0 Å². The van der Waals surface area contributed by atoms with Gasteiger partial charge in [-0.1, -0.05) is 53.7 Å². The van der Waals surface area contributed by atoms with Gasteiger partial charge in [0.15, 0.2) is 0 Å². The van der Waals surface area contributed by atoms with Gasteiger partial charge in [-0.2, -0.15) is 4.98 Å². The quantitative estimate of drug-likeness (QED) is 0.738. The second-order valence-electron chi connectivity index (χ2n) is 5.83. The predicted octanol–water partition coefficient (Wildman–Crippen LogP) is 3.24. The molecule has 4 rings (SSSR count). The van der Waals surface area contributed by atoms with Gasteiger partial charge in [0.05, 0.1) is 13.2 Å². The van der Waals surface area contributed by atoms with E-state index in [1.807, 2.05) is 48.5 Å². The lowest BCUT2D eigenvalue weighted by Gasteiger charge is -2.27. The number of ether oxygens (including phenoxy) is 1. The summed E-state index contributed by atoms with van der Waals surface area (Å²) in [5, 5.41) is 4.13. The van der Waals surface area contributed by atoms with Gasteiger partial charge in [-0.15, -0.1) is 0 Å². The van der Waals surface area contributed by atoms with Crippen LogP contribution in [0.5, 0.6) is 0 Å². The van der Waals surface area contributed by atoms with E-state index in [1.54, 1.807) is 0 Å². The van der Waals surface area contributed by atoms with Crippen LogP contribution in [0.25, 0.3) is 22.8 Å². The summed E-state index contributed by atoms with van der Waals surface area (Å²) in [7, 11) is 0. The Morgan fingerprint density at radius 2 is 1.67 bits per heavy atom. The number of hydrogen-bond acceptors (Lipinski definition) is 5. The monoisotopic (exact) mass is 321 g/mol. The molecule has 1 fully saturated rings. The third kappa shape index (κ3) is 3.22. The second kappa shape index (κ2) is 6.95. The average molecular weight is 321 g/mol. The van der Waals surface area contributed by atoms with E-state index in [1.165, 1.54) is 5.56 Å². The van der Waals surface area contributed by atoms with Gasteiger partial charge < -0.3 is 9.26 Å². The summed E-state index contributed by atoms with van der Waals surface area (Å²) >= 11 is 0. The van der Waals surface area contributed by atoms with Crippen molar-refractivity contribution < 1.29 is 9.26 Å². The summed E-state index contributed by atoms with van der Waals surface area (Å²) < 4.78 is 11.0. The Morgan fingerprint density at radius 3 is 2.50 bits per heavy atom. The van der Waals surface area contributed by atoms with Crippen LogP contribution in [0.2, 0.25) is 0 Å². The summed E-state index contributed by atoms with van der Waals surface area (Å²) in [6, 6.07) is 18.1. The molecule has 0 unspecified atom stereocenters. The molecule has 1 aliphatic heterocycles. The molecule has 0 aliphatic carbocycles. The van der Waals surface area contributed by atoms with Crippen LogP contribution in [-0.4, -0.2) is 41.3 Å². The third-order valence-corrected chi connectivity index (χ3v) is 4.20. The summed E-state index contributed by atoms with van der Waals surface area (Å²) in [4.78, 5) is 6.97. The maximum absolute atomic E-state index is 5.53. The SMILES string of the molecule is c1ccc(-c2noc(-c3ccccc3CN3CCOCC3)n2)cc1. The molecule has 5 nitrogen and oxygen atoms in total. The molecule has 1 aliphatic rings. The molecule has 0 saturated carbocycles. The number of aromatic nitrogens is 2. The smallest absolute Gasteiger partial charge is 0.258 e. The number of nitrogens with zero attached hydrogens (tertiary/aromatic N) is 3. The predicted molar refractivity (Wildman–Crippen MR) is 91.3 cm³/mol. The Morgan fingerprint density at radius 1 is 0.917 bits per heavy atom. The van der Waals surface area contributed by atoms with Crippen LogP contribution in [0.4, 0.5) is 0 Å². The molecule has 0 N–H and O–H groups in total. The molecule has 0 radical (unpaired) electrons. The average Bonchev–Trinajstić information content (AvgIpc) is 3.14. The lowest BCUT2D eigenvalue weighted by molar-refractivity contribution is 0.0342. The van der Waals surface area contributed by atoms with Gasteiger partial charge in [-0.05, 0) is 11.6 Å². The van der Waals surface area contributed by atoms with Gasteiger partial charge in [0.25, 0.3) is 5.89 Å². The zero-order valence-corrected chi connectivity index (χ0v) is 13.4. The lowest BCUT2D eigenvalue weighted by Crippen LogP contribution is -2.35. The molecular formula is C19H19N3O2. The van der Waals surface area contributed by atoms with Gasteiger partial charge >= 0.3 is 0 Å². The van der Waals surface area contributed by atoms with Gasteiger partial charge in [0.1, 0.15) is 0 Å². The minimum Gasteiger partial charge on any atom is -0.379 e. The molecule has 3 aromatic rings. The molecule has 1 saturated heterocycles. The fourth-order valence-corrected chi connectivity index (χ4v) is 2.90. The minimum atomic E-state index is 0.567. The molecular weight excluding hydrogens is 302 g/mol. The Balaban J connectivity index is 1.61. The summed E-state index contributed by atoms with van der Waals surface area (Å²) in [5.74, 6) is 1.18. The van der Waals surface area contributed by atoms with E-state index in [0.29, 0.717) is 11.7 Å². The third-order valence-electron chi connectivity index (χ3n) is 4.20. The standard InChI is InChI=1S/C19H19N3O2/c1-2-6-15(7-3-1)18-20-19(24-21-18)17-9-5-4-8-16(17)14-22-10-12-23-13-11-22/h1-9H,10-14H2. The maximum atomic E-state index is 5.53. The van der Waals surface area contributed by atoms with Crippen LogP contribution < -0.4 is 0 Å². The molecule has 0 atom stereocenters. The van der Waals surface area contributed by atoms with Crippen molar-refractivity contribution in [1.29, 1.82) is 0 Å². The molecule has 0 bridgehead atoms. The molecule has 24 heavy (non-hydrogen) atoms. The van der Waals surface area contributed by atoms with Crippen molar-refractivity contribution in [3.63, 3.8) is 0 Å². The highest BCUT2D eigenvalue weighted by Gasteiger charge is 2.17. The molecule has 5 heteroatoms. The topological polar surface area (TPSA) is 51.4 Å². The lowest BCUT2D eigenvalue weighted by atomic mass is 10.1. The fourth-order valence-electron chi connectivity index (χ4n) is 2.90. The van der Waals surface area contributed by atoms with Gasteiger partial charge in [-0.3, -0.25) is 4.90 Å².